The molecule has 1 aliphatic rings. The Morgan fingerprint density at radius 1 is 1.04 bits per heavy atom. The normalized spacial score (nSPS) is 16.6. The molecule has 1 N–H and O–H groups in total. The minimum absolute atomic E-state index is 0.130. The highest BCUT2D eigenvalue weighted by atomic mass is 19.1. The molecule has 0 aliphatic carbocycles. The van der Waals surface area contributed by atoms with E-state index in [9.17, 15) is 18.0 Å². The van der Waals surface area contributed by atoms with Crippen LogP contribution in [0.15, 0.2) is 35.9 Å². The van der Waals surface area contributed by atoms with Gasteiger partial charge in [0.25, 0.3) is 0 Å². The lowest BCUT2D eigenvalue weighted by Crippen LogP contribution is -2.31. The van der Waals surface area contributed by atoms with Crippen molar-refractivity contribution in [2.24, 2.45) is 0 Å². The third-order valence-electron chi connectivity index (χ3n) is 4.61. The first-order chi connectivity index (χ1) is 11.9. The molecule has 1 heterocycles. The van der Waals surface area contributed by atoms with Crippen LogP contribution in [0.1, 0.15) is 30.9 Å². The minimum Gasteiger partial charge on any atom is -0.352 e. The molecular formula is C20H18F3NO. The maximum absolute atomic E-state index is 14.2. The number of rotatable bonds is 2. The van der Waals surface area contributed by atoms with Crippen LogP contribution in [0.5, 0.6) is 0 Å². The van der Waals surface area contributed by atoms with Crippen LogP contribution in [-0.2, 0) is 4.79 Å². The van der Waals surface area contributed by atoms with Crippen molar-refractivity contribution >= 4 is 11.5 Å². The number of hydrogen-bond acceptors (Lipinski definition) is 1. The minimum atomic E-state index is -0.750. The molecular weight excluding hydrogens is 327 g/mol. The molecule has 2 aromatic rings. The van der Waals surface area contributed by atoms with Gasteiger partial charge in [-0.3, -0.25) is 4.79 Å². The van der Waals surface area contributed by atoms with Crippen LogP contribution >= 0.6 is 0 Å². The van der Waals surface area contributed by atoms with E-state index in [1.54, 1.807) is 13.8 Å². The second-order valence-corrected chi connectivity index (χ2v) is 6.21. The second-order valence-electron chi connectivity index (χ2n) is 6.21. The zero-order chi connectivity index (χ0) is 18.1. The summed E-state index contributed by atoms with van der Waals surface area (Å²) in [5, 5.41) is 2.79. The highest BCUT2D eigenvalue weighted by Gasteiger charge is 2.20. The van der Waals surface area contributed by atoms with Crippen molar-refractivity contribution < 1.29 is 18.0 Å². The molecule has 2 nitrogen and oxygen atoms in total. The summed E-state index contributed by atoms with van der Waals surface area (Å²) < 4.78 is 41.5. The van der Waals surface area contributed by atoms with Gasteiger partial charge >= 0.3 is 0 Å². The number of allylic oxidation sites excluding steroid dienone is 1. The summed E-state index contributed by atoms with van der Waals surface area (Å²) >= 11 is 0. The van der Waals surface area contributed by atoms with Crippen LogP contribution < -0.4 is 5.32 Å². The van der Waals surface area contributed by atoms with Crippen LogP contribution in [0.3, 0.4) is 0 Å². The van der Waals surface area contributed by atoms with Crippen molar-refractivity contribution in [3.63, 3.8) is 0 Å². The molecule has 130 valence electrons. The molecule has 3 rings (SSSR count). The Hall–Kier alpha value is -2.56. The Balaban J connectivity index is 2.18. The fraction of sp³-hybridized carbons (Fsp3) is 0.250. The average molecular weight is 345 g/mol. The lowest BCUT2D eigenvalue weighted by Gasteiger charge is -2.20. The highest BCUT2D eigenvalue weighted by molar-refractivity contribution is 6.02. The van der Waals surface area contributed by atoms with Crippen LogP contribution in [0.4, 0.5) is 13.2 Å². The van der Waals surface area contributed by atoms with Gasteiger partial charge in [0.05, 0.1) is 0 Å². The van der Waals surface area contributed by atoms with Gasteiger partial charge in [0.1, 0.15) is 17.5 Å². The lowest BCUT2D eigenvalue weighted by atomic mass is 9.89. The van der Waals surface area contributed by atoms with E-state index in [0.29, 0.717) is 40.8 Å². The van der Waals surface area contributed by atoms with Crippen LogP contribution in [0.25, 0.3) is 16.7 Å². The molecule has 1 fully saturated rings. The average Bonchev–Trinajstić information content (AvgIpc) is 2.57. The number of hydrogen-bond donors (Lipinski definition) is 1. The van der Waals surface area contributed by atoms with E-state index in [2.05, 4.69) is 5.32 Å². The molecule has 2 aromatic carbocycles. The van der Waals surface area contributed by atoms with E-state index in [0.717, 1.165) is 18.6 Å². The van der Waals surface area contributed by atoms with Gasteiger partial charge in [0.15, 0.2) is 0 Å². The summed E-state index contributed by atoms with van der Waals surface area (Å²) in [6.45, 7) is 4.15. The van der Waals surface area contributed by atoms with Crippen LogP contribution in [-0.4, -0.2) is 12.5 Å². The number of benzene rings is 2. The van der Waals surface area contributed by atoms with E-state index in [1.807, 2.05) is 0 Å². The molecule has 1 saturated heterocycles. The van der Waals surface area contributed by atoms with E-state index >= 15 is 0 Å². The summed E-state index contributed by atoms with van der Waals surface area (Å²) in [6, 6.07) is 5.80. The van der Waals surface area contributed by atoms with Gasteiger partial charge in [-0.2, -0.15) is 0 Å². The Labute approximate surface area is 144 Å². The zero-order valence-corrected chi connectivity index (χ0v) is 14.1. The summed E-state index contributed by atoms with van der Waals surface area (Å²) in [7, 11) is 0. The topological polar surface area (TPSA) is 29.1 Å². The van der Waals surface area contributed by atoms with Crippen LogP contribution in [0, 0.1) is 24.4 Å². The summed E-state index contributed by atoms with van der Waals surface area (Å²) in [6.07, 6.45) is 1.44. The Morgan fingerprint density at radius 2 is 1.80 bits per heavy atom. The molecule has 0 atom stereocenters. The molecule has 25 heavy (non-hydrogen) atoms. The predicted molar refractivity (Wildman–Crippen MR) is 91.3 cm³/mol. The number of nitrogens with one attached hydrogen (secondary N) is 1. The Morgan fingerprint density at radius 3 is 2.48 bits per heavy atom. The first-order valence-electron chi connectivity index (χ1n) is 8.12. The number of piperidine rings is 1. The maximum Gasteiger partial charge on any atom is 0.247 e. The van der Waals surface area contributed by atoms with E-state index < -0.39 is 17.5 Å². The molecule has 1 aliphatic heterocycles. The van der Waals surface area contributed by atoms with E-state index in [1.165, 1.54) is 18.2 Å². The SMILES string of the molecule is C/C(=C1/CCCNC1=O)c1cc(F)cc(-c2ccc(F)cc2F)c1C. The highest BCUT2D eigenvalue weighted by Crippen LogP contribution is 2.34. The number of amides is 1. The molecule has 0 spiro atoms. The van der Waals surface area contributed by atoms with Crippen molar-refractivity contribution in [3.8, 4) is 11.1 Å². The predicted octanol–water partition coefficient (Wildman–Crippen LogP) is 4.76. The lowest BCUT2D eigenvalue weighted by molar-refractivity contribution is -0.118. The smallest absolute Gasteiger partial charge is 0.247 e. The third kappa shape index (κ3) is 3.31. The summed E-state index contributed by atoms with van der Waals surface area (Å²) in [4.78, 5) is 12.1. The Bertz CT molecular complexity index is 887. The first-order valence-corrected chi connectivity index (χ1v) is 8.12. The first kappa shape index (κ1) is 17.3. The van der Waals surface area contributed by atoms with Gasteiger partial charge in [-0.25, -0.2) is 13.2 Å². The van der Waals surface area contributed by atoms with Crippen molar-refractivity contribution in [2.45, 2.75) is 26.7 Å². The van der Waals surface area contributed by atoms with Crippen molar-refractivity contribution in [3.05, 3.63) is 64.5 Å². The summed E-state index contributed by atoms with van der Waals surface area (Å²) in [5.74, 6) is -2.12. The fourth-order valence-corrected chi connectivity index (χ4v) is 3.26. The Kier molecular flexibility index (Phi) is 4.66. The molecule has 1 amide bonds. The number of halogens is 3. The van der Waals surface area contributed by atoms with Gasteiger partial charge in [0.2, 0.25) is 5.91 Å². The molecule has 0 aromatic heterocycles. The molecule has 0 unspecified atom stereocenters. The molecule has 0 radical (unpaired) electrons. The molecule has 0 saturated carbocycles. The van der Waals surface area contributed by atoms with E-state index in [4.69, 9.17) is 0 Å². The van der Waals surface area contributed by atoms with Gasteiger partial charge in [-0.05, 0) is 73.2 Å². The van der Waals surface area contributed by atoms with Crippen LogP contribution in [0.2, 0.25) is 0 Å². The zero-order valence-electron chi connectivity index (χ0n) is 14.1. The maximum atomic E-state index is 14.2. The summed E-state index contributed by atoms with van der Waals surface area (Å²) in [5.41, 5.74) is 2.98. The monoisotopic (exact) mass is 345 g/mol. The standard InChI is InChI=1S/C20H18F3NO/c1-11(15-4-3-7-24-20(15)25)17-8-14(22)9-18(12(17)2)16-6-5-13(21)10-19(16)23/h5-6,8-10H,3-4,7H2,1-2H3,(H,24,25)/b15-11+. The largest absolute Gasteiger partial charge is 0.352 e. The second kappa shape index (κ2) is 6.75. The fourth-order valence-electron chi connectivity index (χ4n) is 3.26. The third-order valence-corrected chi connectivity index (χ3v) is 4.61. The van der Waals surface area contributed by atoms with Gasteiger partial charge in [0, 0.05) is 23.7 Å². The number of carbonyl (C=O) groups is 1. The van der Waals surface area contributed by atoms with Crippen molar-refractivity contribution in [1.82, 2.24) is 5.32 Å². The number of carbonyl (C=O) groups excluding carboxylic acids is 1. The van der Waals surface area contributed by atoms with E-state index in [-0.39, 0.29) is 11.5 Å². The van der Waals surface area contributed by atoms with Crippen molar-refractivity contribution in [1.29, 1.82) is 0 Å². The molecule has 0 bridgehead atoms. The van der Waals surface area contributed by atoms with Gasteiger partial charge < -0.3 is 5.32 Å². The quantitative estimate of drug-likeness (QED) is 0.781. The van der Waals surface area contributed by atoms with Gasteiger partial charge in [-0.1, -0.05) is 0 Å². The van der Waals surface area contributed by atoms with Gasteiger partial charge in [-0.15, -0.1) is 0 Å². The van der Waals surface area contributed by atoms with Crippen molar-refractivity contribution in [2.75, 3.05) is 6.54 Å². The molecule has 5 heteroatoms.